The standard InChI is InChI=1S/C25H31N3O2S/c1-17-12-18(2)15-21(14-17)24(29)28(7-5-6-27-8-10-30-11-9-27)25-26-22-16-19(3)13-20(4)23(22)31-25/h12-16H,5-11H2,1-4H3. The van der Waals surface area contributed by atoms with E-state index in [9.17, 15) is 4.79 Å². The van der Waals surface area contributed by atoms with Crippen LogP contribution in [0.1, 0.15) is 39.0 Å². The van der Waals surface area contributed by atoms with Crippen molar-refractivity contribution in [2.24, 2.45) is 0 Å². The molecule has 0 bridgehead atoms. The SMILES string of the molecule is Cc1cc(C)cc(C(=O)N(CCCN2CCOCC2)c2nc3cc(C)cc(C)c3s2)c1. The zero-order valence-electron chi connectivity index (χ0n) is 18.9. The summed E-state index contributed by atoms with van der Waals surface area (Å²) in [4.78, 5) is 22.8. The summed E-state index contributed by atoms with van der Waals surface area (Å²) in [5.41, 5.74) is 6.33. The molecule has 6 heteroatoms. The normalized spacial score (nSPS) is 14.8. The van der Waals surface area contributed by atoms with Gasteiger partial charge in [-0.2, -0.15) is 0 Å². The zero-order valence-corrected chi connectivity index (χ0v) is 19.7. The molecule has 0 saturated carbocycles. The van der Waals surface area contributed by atoms with E-state index in [1.54, 1.807) is 11.3 Å². The van der Waals surface area contributed by atoms with Gasteiger partial charge in [0.2, 0.25) is 0 Å². The number of hydrogen-bond acceptors (Lipinski definition) is 5. The van der Waals surface area contributed by atoms with Gasteiger partial charge in [-0.15, -0.1) is 0 Å². The molecule has 0 radical (unpaired) electrons. The quantitative estimate of drug-likeness (QED) is 0.550. The van der Waals surface area contributed by atoms with Crippen molar-refractivity contribution in [1.29, 1.82) is 0 Å². The number of rotatable bonds is 6. The van der Waals surface area contributed by atoms with Crippen LogP contribution in [0.3, 0.4) is 0 Å². The number of carbonyl (C=O) groups is 1. The van der Waals surface area contributed by atoms with Gasteiger partial charge in [-0.3, -0.25) is 14.6 Å². The fourth-order valence-corrected chi connectivity index (χ4v) is 5.34. The van der Waals surface area contributed by atoms with E-state index in [0.29, 0.717) is 6.54 Å². The highest BCUT2D eigenvalue weighted by Gasteiger charge is 2.23. The number of benzene rings is 2. The van der Waals surface area contributed by atoms with Crippen molar-refractivity contribution in [2.45, 2.75) is 34.1 Å². The Balaban J connectivity index is 1.63. The van der Waals surface area contributed by atoms with Crippen LogP contribution in [0, 0.1) is 27.7 Å². The van der Waals surface area contributed by atoms with Crippen LogP contribution in [-0.4, -0.2) is 55.2 Å². The van der Waals surface area contributed by atoms with Crippen molar-refractivity contribution in [1.82, 2.24) is 9.88 Å². The lowest BCUT2D eigenvalue weighted by Gasteiger charge is -2.27. The lowest BCUT2D eigenvalue weighted by molar-refractivity contribution is 0.0376. The molecule has 0 N–H and O–H groups in total. The molecular formula is C25H31N3O2S. The summed E-state index contributed by atoms with van der Waals surface area (Å²) < 4.78 is 6.61. The zero-order chi connectivity index (χ0) is 22.0. The Kier molecular flexibility index (Phi) is 6.70. The van der Waals surface area contributed by atoms with Crippen LogP contribution in [0.15, 0.2) is 30.3 Å². The topological polar surface area (TPSA) is 45.7 Å². The predicted molar refractivity (Wildman–Crippen MR) is 129 cm³/mol. The molecule has 1 fully saturated rings. The van der Waals surface area contributed by atoms with Gasteiger partial charge in [0.25, 0.3) is 5.91 Å². The highest BCUT2D eigenvalue weighted by atomic mass is 32.1. The molecule has 5 nitrogen and oxygen atoms in total. The van der Waals surface area contributed by atoms with Crippen LogP contribution in [0.5, 0.6) is 0 Å². The summed E-state index contributed by atoms with van der Waals surface area (Å²) >= 11 is 1.62. The summed E-state index contributed by atoms with van der Waals surface area (Å²) in [5.74, 6) is 0.0298. The number of aryl methyl sites for hydroxylation is 4. The number of ether oxygens (including phenoxy) is 1. The summed E-state index contributed by atoms with van der Waals surface area (Å²) in [7, 11) is 0. The van der Waals surface area contributed by atoms with Crippen molar-refractivity contribution < 1.29 is 9.53 Å². The summed E-state index contributed by atoms with van der Waals surface area (Å²) in [6, 6.07) is 10.3. The van der Waals surface area contributed by atoms with Gasteiger partial charge in [-0.1, -0.05) is 34.6 Å². The van der Waals surface area contributed by atoms with Crippen LogP contribution in [0.25, 0.3) is 10.2 Å². The lowest BCUT2D eigenvalue weighted by atomic mass is 10.1. The Morgan fingerprint density at radius 3 is 2.42 bits per heavy atom. The maximum Gasteiger partial charge on any atom is 0.260 e. The predicted octanol–water partition coefficient (Wildman–Crippen LogP) is 4.90. The first-order valence-corrected chi connectivity index (χ1v) is 11.8. The molecule has 2 aromatic carbocycles. The molecule has 3 aromatic rings. The van der Waals surface area contributed by atoms with Gasteiger partial charge >= 0.3 is 0 Å². The fraction of sp³-hybridized carbons (Fsp3) is 0.440. The molecular weight excluding hydrogens is 406 g/mol. The first kappa shape index (κ1) is 21.9. The van der Waals surface area contributed by atoms with Crippen molar-refractivity contribution in [2.75, 3.05) is 44.3 Å². The lowest BCUT2D eigenvalue weighted by Crippen LogP contribution is -2.39. The van der Waals surface area contributed by atoms with E-state index >= 15 is 0 Å². The Bertz CT molecular complexity index is 1070. The highest BCUT2D eigenvalue weighted by molar-refractivity contribution is 7.22. The van der Waals surface area contributed by atoms with Gasteiger partial charge in [0.15, 0.2) is 5.13 Å². The molecule has 1 aliphatic heterocycles. The van der Waals surface area contributed by atoms with Crippen molar-refractivity contribution in [3.63, 3.8) is 0 Å². The number of aromatic nitrogens is 1. The molecule has 1 amide bonds. The third-order valence-electron chi connectivity index (χ3n) is 5.71. The van der Waals surface area contributed by atoms with Gasteiger partial charge in [0.1, 0.15) is 0 Å². The van der Waals surface area contributed by atoms with Gasteiger partial charge < -0.3 is 4.74 Å². The van der Waals surface area contributed by atoms with Crippen LogP contribution < -0.4 is 4.90 Å². The first-order valence-electron chi connectivity index (χ1n) is 11.0. The minimum Gasteiger partial charge on any atom is -0.379 e. The van der Waals surface area contributed by atoms with Gasteiger partial charge in [0.05, 0.1) is 23.4 Å². The highest BCUT2D eigenvalue weighted by Crippen LogP contribution is 2.33. The number of fused-ring (bicyclic) bond motifs is 1. The molecule has 0 aliphatic carbocycles. The minimum atomic E-state index is 0.0298. The van der Waals surface area contributed by atoms with Crippen molar-refractivity contribution in [3.05, 3.63) is 58.1 Å². The molecule has 1 aromatic heterocycles. The average Bonchev–Trinajstić information content (AvgIpc) is 3.15. The average molecular weight is 438 g/mol. The number of carbonyl (C=O) groups excluding carboxylic acids is 1. The monoisotopic (exact) mass is 437 g/mol. The number of nitrogens with zero attached hydrogens (tertiary/aromatic N) is 3. The van der Waals surface area contributed by atoms with E-state index in [2.05, 4.69) is 36.9 Å². The molecule has 0 spiro atoms. The maximum absolute atomic E-state index is 13.6. The van der Waals surface area contributed by atoms with E-state index < -0.39 is 0 Å². The van der Waals surface area contributed by atoms with Crippen LogP contribution >= 0.6 is 11.3 Å². The van der Waals surface area contributed by atoms with Crippen LogP contribution in [0.2, 0.25) is 0 Å². The molecule has 1 saturated heterocycles. The number of thiazole rings is 1. The summed E-state index contributed by atoms with van der Waals surface area (Å²) in [6.45, 7) is 13.4. The van der Waals surface area contributed by atoms with Crippen LogP contribution in [0.4, 0.5) is 5.13 Å². The van der Waals surface area contributed by atoms with E-state index in [1.807, 2.05) is 30.9 Å². The maximum atomic E-state index is 13.6. The molecule has 164 valence electrons. The summed E-state index contributed by atoms with van der Waals surface area (Å²) in [6.07, 6.45) is 0.907. The molecule has 4 rings (SSSR count). The second-order valence-electron chi connectivity index (χ2n) is 8.57. The van der Waals surface area contributed by atoms with Crippen molar-refractivity contribution >= 4 is 32.6 Å². The van der Waals surface area contributed by atoms with Gasteiger partial charge in [-0.25, -0.2) is 4.98 Å². The number of morpholine rings is 1. The molecule has 0 atom stereocenters. The van der Waals surface area contributed by atoms with E-state index in [4.69, 9.17) is 9.72 Å². The Morgan fingerprint density at radius 1 is 1.03 bits per heavy atom. The molecule has 31 heavy (non-hydrogen) atoms. The van der Waals surface area contributed by atoms with E-state index in [0.717, 1.165) is 71.3 Å². The minimum absolute atomic E-state index is 0.0298. The number of hydrogen-bond donors (Lipinski definition) is 0. The number of anilines is 1. The van der Waals surface area contributed by atoms with E-state index in [-0.39, 0.29) is 5.91 Å². The Hall–Kier alpha value is -2.28. The third kappa shape index (κ3) is 5.14. The second-order valence-corrected chi connectivity index (χ2v) is 9.54. The smallest absolute Gasteiger partial charge is 0.260 e. The fourth-order valence-electron chi connectivity index (χ4n) is 4.30. The molecule has 0 unspecified atom stereocenters. The second kappa shape index (κ2) is 9.47. The van der Waals surface area contributed by atoms with Crippen LogP contribution in [-0.2, 0) is 4.74 Å². The molecule has 1 aliphatic rings. The Labute approximate surface area is 188 Å². The summed E-state index contributed by atoms with van der Waals surface area (Å²) in [5, 5.41) is 0.787. The van der Waals surface area contributed by atoms with Gasteiger partial charge in [-0.05, 0) is 63.4 Å². The van der Waals surface area contributed by atoms with E-state index in [1.165, 1.54) is 11.1 Å². The van der Waals surface area contributed by atoms with Gasteiger partial charge in [0, 0.05) is 31.7 Å². The molecule has 2 heterocycles. The third-order valence-corrected chi connectivity index (χ3v) is 6.94. The number of amides is 1. The Morgan fingerprint density at radius 2 is 1.71 bits per heavy atom. The first-order chi connectivity index (χ1) is 14.9. The largest absolute Gasteiger partial charge is 0.379 e. The van der Waals surface area contributed by atoms with Crippen molar-refractivity contribution in [3.8, 4) is 0 Å².